The zero-order chi connectivity index (χ0) is 9.90. The van der Waals surface area contributed by atoms with Gasteiger partial charge in [0.15, 0.2) is 0 Å². The molecule has 3 nitrogen and oxygen atoms in total. The first-order valence-electron chi connectivity index (χ1n) is 3.88. The van der Waals surface area contributed by atoms with Crippen LogP contribution in [0.25, 0.3) is 0 Å². The second-order valence-electron chi connectivity index (χ2n) is 3.26. The maximum atomic E-state index is 11.4. The van der Waals surface area contributed by atoms with Gasteiger partial charge in [0.25, 0.3) is 8.32 Å². The highest BCUT2D eigenvalue weighted by Gasteiger charge is 2.27. The fraction of sp³-hybridized carbons (Fsp3) is 0.375. The van der Waals surface area contributed by atoms with E-state index in [4.69, 9.17) is 8.84 Å². The molecular weight excluding hydrogens is 252 g/mol. The molecule has 1 rings (SSSR count). The minimum atomic E-state index is -1.89. The topological polar surface area (TPSA) is 39.4 Å². The second kappa shape index (κ2) is 4.10. The van der Waals surface area contributed by atoms with E-state index in [-0.39, 0.29) is 11.7 Å². The molecule has 0 N–H and O–H groups in total. The zero-order valence-electron chi connectivity index (χ0n) is 7.54. The minimum Gasteiger partial charge on any atom is -0.513 e. The van der Waals surface area contributed by atoms with Crippen LogP contribution in [-0.4, -0.2) is 19.2 Å². The van der Waals surface area contributed by atoms with E-state index in [9.17, 15) is 4.79 Å². The van der Waals surface area contributed by atoms with E-state index in [1.165, 1.54) is 6.26 Å². The summed E-state index contributed by atoms with van der Waals surface area (Å²) in [6, 6.07) is 3.26. The number of hydrogen-bond acceptors (Lipinski definition) is 3. The normalized spacial score (nSPS) is 11.3. The number of carbonyl (C=O) groups excluding carboxylic acids is 1. The lowest BCUT2D eigenvalue weighted by Crippen LogP contribution is -2.35. The van der Waals surface area contributed by atoms with Gasteiger partial charge in [0, 0.05) is 4.95 Å². The Kier molecular flexibility index (Phi) is 3.32. The Hall–Kier alpha value is -0.553. The number of alkyl halides is 1. The number of halogens is 1. The first-order valence-corrected chi connectivity index (χ1v) is 8.12. The van der Waals surface area contributed by atoms with Crippen molar-refractivity contribution in [1.82, 2.24) is 0 Å². The second-order valence-corrected chi connectivity index (χ2v) is 8.93. The molecule has 0 radical (unpaired) electrons. The number of carbonyl (C=O) groups is 1. The van der Waals surface area contributed by atoms with Crippen LogP contribution in [-0.2, 0) is 4.43 Å². The van der Waals surface area contributed by atoms with Crippen molar-refractivity contribution in [2.75, 3.05) is 4.95 Å². The average molecular weight is 263 g/mol. The molecule has 0 aromatic carbocycles. The third-order valence-electron chi connectivity index (χ3n) is 1.41. The van der Waals surface area contributed by atoms with E-state index in [2.05, 4.69) is 15.9 Å². The monoisotopic (exact) mass is 262 g/mol. The molecule has 0 atom stereocenters. The van der Waals surface area contributed by atoms with Gasteiger partial charge in [-0.15, -0.1) is 0 Å². The van der Waals surface area contributed by atoms with Crippen LogP contribution in [0.2, 0.25) is 13.1 Å². The molecule has 72 valence electrons. The van der Waals surface area contributed by atoms with E-state index < -0.39 is 8.32 Å². The highest BCUT2D eigenvalue weighted by atomic mass is 79.9. The molecule has 1 aromatic heterocycles. The molecule has 0 aliphatic heterocycles. The molecule has 0 aliphatic carbocycles. The van der Waals surface area contributed by atoms with Crippen LogP contribution in [0.1, 0.15) is 10.6 Å². The lowest BCUT2D eigenvalue weighted by atomic mass is 10.5. The third kappa shape index (κ3) is 3.00. The summed E-state index contributed by atoms with van der Waals surface area (Å²) in [5.41, 5.74) is 0. The molecule has 0 saturated carbocycles. The number of rotatable bonds is 3. The predicted molar refractivity (Wildman–Crippen MR) is 55.4 cm³/mol. The quantitative estimate of drug-likeness (QED) is 0.621. The van der Waals surface area contributed by atoms with Gasteiger partial charge in [-0.2, -0.15) is 0 Å². The number of hydrogen-bond donors (Lipinski definition) is 0. The average Bonchev–Trinajstić information content (AvgIpc) is 2.55. The van der Waals surface area contributed by atoms with Gasteiger partial charge in [0.05, 0.1) is 6.26 Å². The standard InChI is InChI=1S/C8H11BrO3Si/c1-13(2,6-9)12-8(10)7-4-3-5-11-7/h3-5H,6H2,1-2H3. The Bertz CT molecular complexity index is 282. The zero-order valence-corrected chi connectivity index (χ0v) is 10.1. The molecule has 0 bridgehead atoms. The minimum absolute atomic E-state index is 0.265. The Morgan fingerprint density at radius 3 is 2.85 bits per heavy atom. The molecule has 5 heteroatoms. The lowest BCUT2D eigenvalue weighted by molar-refractivity contribution is 0.0690. The summed E-state index contributed by atoms with van der Waals surface area (Å²) in [4.78, 5) is 12.1. The van der Waals surface area contributed by atoms with Crippen LogP contribution in [0.4, 0.5) is 0 Å². The van der Waals surface area contributed by atoms with Crippen LogP contribution in [0.3, 0.4) is 0 Å². The predicted octanol–water partition coefficient (Wildman–Crippen LogP) is 2.58. The number of furan rings is 1. The van der Waals surface area contributed by atoms with Crippen LogP contribution in [0.5, 0.6) is 0 Å². The molecule has 1 aromatic rings. The van der Waals surface area contributed by atoms with E-state index in [0.717, 1.165) is 4.95 Å². The summed E-state index contributed by atoms with van der Waals surface area (Å²) in [5.74, 6) is -0.109. The van der Waals surface area contributed by atoms with Gasteiger partial charge in [-0.25, -0.2) is 4.79 Å². The SMILES string of the molecule is C[Si](C)(CBr)OC(=O)c1ccco1. The summed E-state index contributed by atoms with van der Waals surface area (Å²) in [6.45, 7) is 3.92. The maximum Gasteiger partial charge on any atom is 0.360 e. The Morgan fingerprint density at radius 2 is 2.38 bits per heavy atom. The lowest BCUT2D eigenvalue weighted by Gasteiger charge is -2.18. The molecular formula is C8H11BrO3Si. The smallest absolute Gasteiger partial charge is 0.360 e. The van der Waals surface area contributed by atoms with Crippen molar-refractivity contribution in [2.24, 2.45) is 0 Å². The summed E-state index contributed by atoms with van der Waals surface area (Å²) in [5, 5.41) is 0. The molecule has 0 amide bonds. The van der Waals surface area contributed by atoms with Gasteiger partial charge < -0.3 is 8.84 Å². The first kappa shape index (κ1) is 10.5. The Morgan fingerprint density at radius 1 is 1.69 bits per heavy atom. The van der Waals surface area contributed by atoms with Crippen molar-refractivity contribution in [3.05, 3.63) is 24.2 Å². The fourth-order valence-electron chi connectivity index (χ4n) is 0.723. The summed E-state index contributed by atoms with van der Waals surface area (Å²) < 4.78 is 10.2. The molecule has 0 aliphatic rings. The van der Waals surface area contributed by atoms with Gasteiger partial charge >= 0.3 is 5.97 Å². The summed E-state index contributed by atoms with van der Waals surface area (Å²) in [6.07, 6.45) is 1.46. The van der Waals surface area contributed by atoms with Crippen LogP contribution in [0.15, 0.2) is 22.8 Å². The van der Waals surface area contributed by atoms with Crippen molar-refractivity contribution in [3.8, 4) is 0 Å². The highest BCUT2D eigenvalue weighted by molar-refractivity contribution is 9.09. The van der Waals surface area contributed by atoms with E-state index in [1.54, 1.807) is 12.1 Å². The molecule has 13 heavy (non-hydrogen) atoms. The van der Waals surface area contributed by atoms with Crippen molar-refractivity contribution >= 4 is 30.2 Å². The highest BCUT2D eigenvalue weighted by Crippen LogP contribution is 2.12. The van der Waals surface area contributed by atoms with Crippen molar-refractivity contribution in [3.63, 3.8) is 0 Å². The van der Waals surface area contributed by atoms with Gasteiger partial charge in [-0.05, 0) is 25.2 Å². The maximum absolute atomic E-state index is 11.4. The fourth-order valence-corrected chi connectivity index (χ4v) is 1.72. The van der Waals surface area contributed by atoms with Gasteiger partial charge in [-0.1, -0.05) is 15.9 Å². The Labute approximate surface area is 86.3 Å². The molecule has 1 heterocycles. The van der Waals surface area contributed by atoms with Crippen LogP contribution in [0, 0.1) is 0 Å². The van der Waals surface area contributed by atoms with E-state index >= 15 is 0 Å². The Balaban J connectivity index is 2.61. The third-order valence-corrected chi connectivity index (χ3v) is 6.85. The molecule has 0 unspecified atom stereocenters. The van der Waals surface area contributed by atoms with Crippen molar-refractivity contribution < 1.29 is 13.6 Å². The van der Waals surface area contributed by atoms with E-state index in [1.807, 2.05) is 13.1 Å². The first-order chi connectivity index (χ1) is 6.05. The van der Waals surface area contributed by atoms with Gasteiger partial charge in [0.1, 0.15) is 0 Å². The van der Waals surface area contributed by atoms with Crippen LogP contribution < -0.4 is 0 Å². The summed E-state index contributed by atoms with van der Waals surface area (Å²) in [7, 11) is -1.89. The van der Waals surface area contributed by atoms with Crippen LogP contribution >= 0.6 is 15.9 Å². The molecule has 0 saturated heterocycles. The largest absolute Gasteiger partial charge is 0.513 e. The van der Waals surface area contributed by atoms with Crippen molar-refractivity contribution in [1.29, 1.82) is 0 Å². The van der Waals surface area contributed by atoms with Crippen molar-refractivity contribution in [2.45, 2.75) is 13.1 Å². The van der Waals surface area contributed by atoms with Gasteiger partial charge in [0.2, 0.25) is 5.76 Å². The summed E-state index contributed by atoms with van der Waals surface area (Å²) >= 11 is 3.32. The van der Waals surface area contributed by atoms with Gasteiger partial charge in [-0.3, -0.25) is 0 Å². The molecule has 0 spiro atoms. The molecule has 0 fully saturated rings. The van der Waals surface area contributed by atoms with E-state index in [0.29, 0.717) is 0 Å².